The first-order valence-corrected chi connectivity index (χ1v) is 9.53. The first-order chi connectivity index (χ1) is 13.8. The number of rotatable bonds is 5. The van der Waals surface area contributed by atoms with Crippen molar-refractivity contribution in [2.24, 2.45) is 0 Å². The van der Waals surface area contributed by atoms with Gasteiger partial charge in [-0.05, 0) is 23.8 Å². The number of pyridine rings is 1. The molecule has 7 heteroatoms. The first kappa shape index (κ1) is 18.7. The molecule has 1 amide bonds. The zero-order chi connectivity index (χ0) is 19.3. The lowest BCUT2D eigenvalue weighted by molar-refractivity contribution is -0.149. The minimum atomic E-state index is -0.181. The number of morpholine rings is 2. The predicted octanol–water partition coefficient (Wildman–Crippen LogP) is 2.03. The van der Waals surface area contributed by atoms with Crippen molar-refractivity contribution < 1.29 is 19.0 Å². The summed E-state index contributed by atoms with van der Waals surface area (Å²) in [7, 11) is 1.64. The van der Waals surface area contributed by atoms with Gasteiger partial charge in [0, 0.05) is 43.3 Å². The van der Waals surface area contributed by atoms with E-state index in [1.54, 1.807) is 13.3 Å². The van der Waals surface area contributed by atoms with E-state index in [2.05, 4.69) is 9.88 Å². The van der Waals surface area contributed by atoms with Crippen LogP contribution in [-0.4, -0.2) is 62.4 Å². The fraction of sp³-hybridized carbons (Fsp3) is 0.429. The molecule has 148 valence electrons. The number of hydrogen-bond donors (Lipinski definition) is 0. The number of ether oxygens (including phenoxy) is 3. The van der Waals surface area contributed by atoms with Crippen molar-refractivity contribution in [3.8, 4) is 5.75 Å². The van der Waals surface area contributed by atoms with Crippen LogP contribution in [0.15, 0.2) is 42.7 Å². The number of nitrogens with zero attached hydrogens (tertiary/aromatic N) is 3. The molecule has 1 unspecified atom stereocenters. The molecule has 0 radical (unpaired) electrons. The Hall–Kier alpha value is -2.64. The molecule has 0 saturated carbocycles. The molecule has 2 fully saturated rings. The van der Waals surface area contributed by atoms with Crippen LogP contribution in [-0.2, 0) is 20.8 Å². The third-order valence-corrected chi connectivity index (χ3v) is 5.22. The van der Waals surface area contributed by atoms with Gasteiger partial charge in [-0.15, -0.1) is 0 Å². The van der Waals surface area contributed by atoms with Crippen molar-refractivity contribution in [1.82, 2.24) is 9.88 Å². The Bertz CT molecular complexity index is 823. The molecule has 3 heterocycles. The average Bonchev–Trinajstić information content (AvgIpc) is 2.76. The summed E-state index contributed by atoms with van der Waals surface area (Å²) < 4.78 is 16.4. The number of hydrogen-bond acceptors (Lipinski definition) is 6. The van der Waals surface area contributed by atoms with E-state index in [4.69, 9.17) is 14.2 Å². The van der Waals surface area contributed by atoms with Gasteiger partial charge in [0.1, 0.15) is 12.4 Å². The number of methoxy groups -OCH3 is 1. The predicted molar refractivity (Wildman–Crippen MR) is 104 cm³/mol. The van der Waals surface area contributed by atoms with Gasteiger partial charge < -0.3 is 24.0 Å². The van der Waals surface area contributed by atoms with E-state index < -0.39 is 0 Å². The van der Waals surface area contributed by atoms with E-state index in [1.807, 2.05) is 41.4 Å². The zero-order valence-electron chi connectivity index (χ0n) is 16.0. The molecule has 7 nitrogen and oxygen atoms in total. The fourth-order valence-corrected chi connectivity index (χ4v) is 3.78. The number of benzene rings is 1. The third-order valence-electron chi connectivity index (χ3n) is 5.22. The Morgan fingerprint density at radius 1 is 1.21 bits per heavy atom. The molecule has 0 aliphatic carbocycles. The summed E-state index contributed by atoms with van der Waals surface area (Å²) in [5, 5.41) is 0. The summed E-state index contributed by atoms with van der Waals surface area (Å²) in [6.45, 7) is 4.13. The highest BCUT2D eigenvalue weighted by Crippen LogP contribution is 2.33. The third kappa shape index (κ3) is 3.95. The van der Waals surface area contributed by atoms with E-state index in [9.17, 15) is 4.79 Å². The van der Waals surface area contributed by atoms with Crippen LogP contribution in [0.5, 0.6) is 5.75 Å². The van der Waals surface area contributed by atoms with Gasteiger partial charge in [0.25, 0.3) is 0 Å². The minimum absolute atomic E-state index is 0.0177. The number of anilines is 1. The van der Waals surface area contributed by atoms with Crippen molar-refractivity contribution >= 4 is 11.6 Å². The SMILES string of the molecule is COc1cccc(CN2C(=O)COCC2c2cnccc2N2CCOCC2)c1. The summed E-state index contributed by atoms with van der Waals surface area (Å²) in [4.78, 5) is 21.3. The lowest BCUT2D eigenvalue weighted by Gasteiger charge is -2.38. The molecule has 1 atom stereocenters. The number of carbonyl (C=O) groups is 1. The lowest BCUT2D eigenvalue weighted by atomic mass is 10.0. The average molecular weight is 383 g/mol. The molecule has 0 N–H and O–H groups in total. The first-order valence-electron chi connectivity index (χ1n) is 9.53. The second kappa shape index (κ2) is 8.58. The summed E-state index contributed by atoms with van der Waals surface area (Å²) in [6.07, 6.45) is 3.65. The maximum atomic E-state index is 12.7. The topological polar surface area (TPSA) is 64.1 Å². The maximum Gasteiger partial charge on any atom is 0.249 e. The van der Waals surface area contributed by atoms with E-state index in [1.165, 1.54) is 0 Å². The van der Waals surface area contributed by atoms with Gasteiger partial charge in [0.05, 0.1) is 33.0 Å². The van der Waals surface area contributed by atoms with Crippen LogP contribution in [0, 0.1) is 0 Å². The number of aromatic nitrogens is 1. The second-order valence-corrected chi connectivity index (χ2v) is 6.94. The molecule has 0 bridgehead atoms. The van der Waals surface area contributed by atoms with Crippen LogP contribution >= 0.6 is 0 Å². The van der Waals surface area contributed by atoms with Crippen molar-refractivity contribution in [1.29, 1.82) is 0 Å². The van der Waals surface area contributed by atoms with Crippen LogP contribution < -0.4 is 9.64 Å². The molecule has 28 heavy (non-hydrogen) atoms. The van der Waals surface area contributed by atoms with Gasteiger partial charge in [-0.1, -0.05) is 12.1 Å². The molecule has 1 aromatic heterocycles. The van der Waals surface area contributed by atoms with E-state index >= 15 is 0 Å². The zero-order valence-corrected chi connectivity index (χ0v) is 16.0. The van der Waals surface area contributed by atoms with E-state index in [0.29, 0.717) is 26.4 Å². The molecular formula is C21H25N3O4. The largest absolute Gasteiger partial charge is 0.497 e. The molecule has 0 spiro atoms. The van der Waals surface area contributed by atoms with Gasteiger partial charge in [-0.3, -0.25) is 9.78 Å². The van der Waals surface area contributed by atoms with Crippen molar-refractivity contribution in [3.05, 3.63) is 53.9 Å². The van der Waals surface area contributed by atoms with Gasteiger partial charge >= 0.3 is 0 Å². The van der Waals surface area contributed by atoms with Gasteiger partial charge in [-0.25, -0.2) is 0 Å². The van der Waals surface area contributed by atoms with Crippen LogP contribution in [0.1, 0.15) is 17.2 Å². The van der Waals surface area contributed by atoms with Crippen LogP contribution in [0.2, 0.25) is 0 Å². The van der Waals surface area contributed by atoms with Crippen molar-refractivity contribution in [2.75, 3.05) is 51.5 Å². The normalized spacial score (nSPS) is 20.3. The molecular weight excluding hydrogens is 358 g/mol. The molecule has 2 aromatic rings. The van der Waals surface area contributed by atoms with E-state index in [-0.39, 0.29) is 18.6 Å². The minimum Gasteiger partial charge on any atom is -0.497 e. The fourth-order valence-electron chi connectivity index (χ4n) is 3.78. The standard InChI is InChI=1S/C21H25N3O4/c1-26-17-4-2-3-16(11-17)13-24-20(14-28-15-21(24)25)18-12-22-6-5-19(18)23-7-9-27-10-8-23/h2-6,11-12,20H,7-10,13-15H2,1H3. The Morgan fingerprint density at radius 3 is 2.89 bits per heavy atom. The Labute approximate surface area is 164 Å². The van der Waals surface area contributed by atoms with E-state index in [0.717, 1.165) is 35.7 Å². The summed E-state index contributed by atoms with van der Waals surface area (Å²) in [6, 6.07) is 9.65. The maximum absolute atomic E-state index is 12.7. The van der Waals surface area contributed by atoms with Gasteiger partial charge in [0.2, 0.25) is 5.91 Å². The van der Waals surface area contributed by atoms with Crippen LogP contribution in [0.25, 0.3) is 0 Å². The Balaban J connectivity index is 1.64. The second-order valence-electron chi connectivity index (χ2n) is 6.94. The number of amides is 1. The van der Waals surface area contributed by atoms with Crippen LogP contribution in [0.3, 0.4) is 0 Å². The highest BCUT2D eigenvalue weighted by Gasteiger charge is 2.33. The van der Waals surface area contributed by atoms with Gasteiger partial charge in [-0.2, -0.15) is 0 Å². The molecule has 2 aliphatic rings. The monoisotopic (exact) mass is 383 g/mol. The quantitative estimate of drug-likeness (QED) is 0.787. The summed E-state index contributed by atoms with van der Waals surface area (Å²) in [5.41, 5.74) is 3.13. The molecule has 1 aromatic carbocycles. The summed E-state index contributed by atoms with van der Waals surface area (Å²) >= 11 is 0. The van der Waals surface area contributed by atoms with Crippen molar-refractivity contribution in [3.63, 3.8) is 0 Å². The highest BCUT2D eigenvalue weighted by molar-refractivity contribution is 5.79. The number of carbonyl (C=O) groups excluding carboxylic acids is 1. The lowest BCUT2D eigenvalue weighted by Crippen LogP contribution is -2.45. The highest BCUT2D eigenvalue weighted by atomic mass is 16.5. The molecule has 2 aliphatic heterocycles. The summed E-state index contributed by atoms with van der Waals surface area (Å²) in [5.74, 6) is 0.765. The molecule has 2 saturated heterocycles. The smallest absolute Gasteiger partial charge is 0.249 e. The Kier molecular flexibility index (Phi) is 5.73. The Morgan fingerprint density at radius 2 is 2.07 bits per heavy atom. The van der Waals surface area contributed by atoms with Crippen LogP contribution in [0.4, 0.5) is 5.69 Å². The molecule has 4 rings (SSSR count). The van der Waals surface area contributed by atoms with Gasteiger partial charge in [0.15, 0.2) is 0 Å². The van der Waals surface area contributed by atoms with Crippen molar-refractivity contribution in [2.45, 2.75) is 12.6 Å².